The number of Topliss-reactive ketones (excluding diaryl/α,β-unsaturated/α-hetero) is 1. The SMILES string of the molecule is CCOc1cc(CCC(C)=O)ccc1O. The van der Waals surface area contributed by atoms with Gasteiger partial charge in [-0.1, -0.05) is 6.07 Å². The highest BCUT2D eigenvalue weighted by molar-refractivity contribution is 5.75. The van der Waals surface area contributed by atoms with Crippen LogP contribution in [-0.4, -0.2) is 17.5 Å². The molecule has 1 aromatic carbocycles. The monoisotopic (exact) mass is 208 g/mol. The first kappa shape index (κ1) is 11.6. The van der Waals surface area contributed by atoms with Gasteiger partial charge >= 0.3 is 0 Å². The standard InChI is InChI=1S/C12H16O3/c1-3-15-12-8-10(5-4-9(2)13)6-7-11(12)14/h6-8,14H,3-5H2,1-2H3. The highest BCUT2D eigenvalue weighted by Gasteiger charge is 2.04. The lowest BCUT2D eigenvalue weighted by Gasteiger charge is -2.07. The molecule has 0 aromatic heterocycles. The summed E-state index contributed by atoms with van der Waals surface area (Å²) in [5.41, 5.74) is 1.01. The van der Waals surface area contributed by atoms with Gasteiger partial charge < -0.3 is 14.6 Å². The Morgan fingerprint density at radius 2 is 2.20 bits per heavy atom. The van der Waals surface area contributed by atoms with Crippen LogP contribution in [0, 0.1) is 0 Å². The van der Waals surface area contributed by atoms with E-state index in [1.807, 2.05) is 6.92 Å². The largest absolute Gasteiger partial charge is 0.504 e. The highest BCUT2D eigenvalue weighted by Crippen LogP contribution is 2.27. The summed E-state index contributed by atoms with van der Waals surface area (Å²) in [6, 6.07) is 5.18. The Hall–Kier alpha value is -1.51. The maximum Gasteiger partial charge on any atom is 0.161 e. The molecule has 0 saturated carbocycles. The maximum absolute atomic E-state index is 10.8. The molecule has 15 heavy (non-hydrogen) atoms. The smallest absolute Gasteiger partial charge is 0.161 e. The molecule has 0 aliphatic carbocycles. The Bertz CT molecular complexity index is 345. The van der Waals surface area contributed by atoms with Crippen LogP contribution in [0.1, 0.15) is 25.8 Å². The van der Waals surface area contributed by atoms with Gasteiger partial charge in [-0.2, -0.15) is 0 Å². The third kappa shape index (κ3) is 3.62. The fourth-order valence-electron chi connectivity index (χ4n) is 1.31. The number of carbonyl (C=O) groups is 1. The molecule has 0 atom stereocenters. The average molecular weight is 208 g/mol. The number of phenolic OH excluding ortho intramolecular Hbond substituents is 1. The molecule has 82 valence electrons. The van der Waals surface area contributed by atoms with Crippen molar-refractivity contribution in [1.29, 1.82) is 0 Å². The van der Waals surface area contributed by atoms with E-state index < -0.39 is 0 Å². The highest BCUT2D eigenvalue weighted by atomic mass is 16.5. The predicted octanol–water partition coefficient (Wildman–Crippen LogP) is 2.31. The number of hydrogen-bond acceptors (Lipinski definition) is 3. The van der Waals surface area contributed by atoms with E-state index in [1.165, 1.54) is 0 Å². The first-order chi connectivity index (χ1) is 7.13. The van der Waals surface area contributed by atoms with Crippen LogP contribution in [-0.2, 0) is 11.2 Å². The zero-order valence-electron chi connectivity index (χ0n) is 9.12. The van der Waals surface area contributed by atoms with E-state index in [0.29, 0.717) is 25.2 Å². The van der Waals surface area contributed by atoms with Gasteiger partial charge in [0.2, 0.25) is 0 Å². The number of carbonyl (C=O) groups excluding carboxylic acids is 1. The fraction of sp³-hybridized carbons (Fsp3) is 0.417. The molecule has 3 heteroatoms. The maximum atomic E-state index is 10.8. The van der Waals surface area contributed by atoms with Gasteiger partial charge in [0.1, 0.15) is 5.78 Å². The van der Waals surface area contributed by atoms with Crippen LogP contribution in [0.3, 0.4) is 0 Å². The van der Waals surface area contributed by atoms with Crippen LogP contribution in [0.4, 0.5) is 0 Å². The van der Waals surface area contributed by atoms with Gasteiger partial charge in [-0.25, -0.2) is 0 Å². The van der Waals surface area contributed by atoms with Crippen molar-refractivity contribution < 1.29 is 14.6 Å². The van der Waals surface area contributed by atoms with Crippen LogP contribution in [0.15, 0.2) is 18.2 Å². The third-order valence-corrected chi connectivity index (χ3v) is 2.09. The zero-order chi connectivity index (χ0) is 11.3. The third-order valence-electron chi connectivity index (χ3n) is 2.09. The van der Waals surface area contributed by atoms with Gasteiger partial charge in [-0.15, -0.1) is 0 Å². The molecule has 0 saturated heterocycles. The van der Waals surface area contributed by atoms with Crippen LogP contribution < -0.4 is 4.74 Å². The number of rotatable bonds is 5. The Morgan fingerprint density at radius 1 is 1.47 bits per heavy atom. The Morgan fingerprint density at radius 3 is 2.80 bits per heavy atom. The molecule has 0 spiro atoms. The van der Waals surface area contributed by atoms with Gasteiger partial charge in [0.25, 0.3) is 0 Å². The molecule has 1 N–H and O–H groups in total. The molecule has 0 bridgehead atoms. The van der Waals surface area contributed by atoms with E-state index in [-0.39, 0.29) is 11.5 Å². The molecule has 0 aliphatic rings. The van der Waals surface area contributed by atoms with E-state index in [9.17, 15) is 9.90 Å². The first-order valence-electron chi connectivity index (χ1n) is 5.07. The minimum atomic E-state index is 0.142. The van der Waals surface area contributed by atoms with Crippen molar-refractivity contribution in [3.63, 3.8) is 0 Å². The van der Waals surface area contributed by atoms with Crippen molar-refractivity contribution in [2.45, 2.75) is 26.7 Å². The van der Waals surface area contributed by atoms with E-state index >= 15 is 0 Å². The lowest BCUT2D eigenvalue weighted by Crippen LogP contribution is -1.96. The van der Waals surface area contributed by atoms with Crippen LogP contribution >= 0.6 is 0 Å². The summed E-state index contributed by atoms with van der Waals surface area (Å²) < 4.78 is 5.25. The molecule has 0 unspecified atom stereocenters. The predicted molar refractivity (Wildman–Crippen MR) is 58.3 cm³/mol. The summed E-state index contributed by atoms with van der Waals surface area (Å²) in [6.07, 6.45) is 1.21. The Kier molecular flexibility index (Phi) is 4.16. The molecule has 3 nitrogen and oxygen atoms in total. The lowest BCUT2D eigenvalue weighted by atomic mass is 10.1. The summed E-state index contributed by atoms with van der Waals surface area (Å²) >= 11 is 0. The van der Waals surface area contributed by atoms with Crippen molar-refractivity contribution >= 4 is 5.78 Å². The molecule has 0 fully saturated rings. The minimum Gasteiger partial charge on any atom is -0.504 e. The summed E-state index contributed by atoms with van der Waals surface area (Å²) in [6.45, 7) is 3.95. The van der Waals surface area contributed by atoms with Crippen molar-refractivity contribution in [3.8, 4) is 11.5 Å². The van der Waals surface area contributed by atoms with Gasteiger partial charge in [-0.05, 0) is 38.0 Å². The van der Waals surface area contributed by atoms with Crippen LogP contribution in [0.25, 0.3) is 0 Å². The summed E-state index contributed by atoms with van der Waals surface area (Å²) in [5, 5.41) is 9.45. The topological polar surface area (TPSA) is 46.5 Å². The molecule has 0 radical (unpaired) electrons. The number of hydrogen-bond donors (Lipinski definition) is 1. The van der Waals surface area contributed by atoms with Crippen LogP contribution in [0.5, 0.6) is 11.5 Å². The van der Waals surface area contributed by atoms with Gasteiger partial charge in [0.15, 0.2) is 11.5 Å². The van der Waals surface area contributed by atoms with Crippen molar-refractivity contribution in [2.24, 2.45) is 0 Å². The lowest BCUT2D eigenvalue weighted by molar-refractivity contribution is -0.116. The second kappa shape index (κ2) is 5.39. The summed E-state index contributed by atoms with van der Waals surface area (Å²) in [7, 11) is 0. The number of benzene rings is 1. The van der Waals surface area contributed by atoms with Gasteiger partial charge in [-0.3, -0.25) is 0 Å². The van der Waals surface area contributed by atoms with E-state index in [4.69, 9.17) is 4.74 Å². The number of ketones is 1. The molecular weight excluding hydrogens is 192 g/mol. The normalized spacial score (nSPS) is 10.0. The van der Waals surface area contributed by atoms with Crippen molar-refractivity contribution in [3.05, 3.63) is 23.8 Å². The second-order valence-electron chi connectivity index (χ2n) is 3.44. The second-order valence-corrected chi connectivity index (χ2v) is 3.44. The molecule has 0 heterocycles. The van der Waals surface area contributed by atoms with Gasteiger partial charge in [0, 0.05) is 6.42 Å². The summed E-state index contributed by atoms with van der Waals surface area (Å²) in [5.74, 6) is 0.794. The zero-order valence-corrected chi connectivity index (χ0v) is 9.12. The molecular formula is C12H16O3. The van der Waals surface area contributed by atoms with Crippen molar-refractivity contribution in [1.82, 2.24) is 0 Å². The number of ether oxygens (including phenoxy) is 1. The number of phenols is 1. The summed E-state index contributed by atoms with van der Waals surface area (Å²) in [4.78, 5) is 10.8. The minimum absolute atomic E-state index is 0.142. The number of aryl methyl sites for hydroxylation is 1. The quantitative estimate of drug-likeness (QED) is 0.807. The molecule has 1 rings (SSSR count). The van der Waals surface area contributed by atoms with Crippen LogP contribution in [0.2, 0.25) is 0 Å². The van der Waals surface area contributed by atoms with E-state index in [2.05, 4.69) is 0 Å². The molecule has 0 amide bonds. The fourth-order valence-corrected chi connectivity index (χ4v) is 1.31. The van der Waals surface area contributed by atoms with Crippen molar-refractivity contribution in [2.75, 3.05) is 6.61 Å². The first-order valence-corrected chi connectivity index (χ1v) is 5.07. The van der Waals surface area contributed by atoms with E-state index in [0.717, 1.165) is 5.56 Å². The number of aromatic hydroxyl groups is 1. The molecule has 0 aliphatic heterocycles. The average Bonchev–Trinajstić information content (AvgIpc) is 2.19. The molecule has 1 aromatic rings. The van der Waals surface area contributed by atoms with E-state index in [1.54, 1.807) is 25.1 Å². The van der Waals surface area contributed by atoms with Gasteiger partial charge in [0.05, 0.1) is 6.61 Å². The Labute approximate surface area is 89.7 Å². The Balaban J connectivity index is 2.73.